The number of amides is 1. The summed E-state index contributed by atoms with van der Waals surface area (Å²) in [5.74, 6) is -0.247. The number of carbonyl (C=O) groups is 1. The van der Waals surface area contributed by atoms with E-state index >= 15 is 0 Å². The molecule has 120 valence electrons. The van der Waals surface area contributed by atoms with E-state index in [1.165, 1.54) is 12.1 Å². The van der Waals surface area contributed by atoms with Gasteiger partial charge in [-0.3, -0.25) is 4.79 Å². The smallest absolute Gasteiger partial charge is 0.255 e. The number of likely N-dealkylation sites (tertiary alicyclic amines) is 1. The highest BCUT2D eigenvalue weighted by Crippen LogP contribution is 2.22. The summed E-state index contributed by atoms with van der Waals surface area (Å²) in [5, 5.41) is 7.77. The summed E-state index contributed by atoms with van der Waals surface area (Å²) >= 11 is 5.97. The van der Waals surface area contributed by atoms with Crippen LogP contribution < -0.4 is 4.74 Å². The summed E-state index contributed by atoms with van der Waals surface area (Å²) in [6.07, 6.45) is 3.07. The lowest BCUT2D eigenvalue weighted by Gasteiger charge is -2.32. The quantitative estimate of drug-likeness (QED) is 0.865. The van der Waals surface area contributed by atoms with Gasteiger partial charge in [0, 0.05) is 18.8 Å². The molecular formula is C16H15ClFN3O2. The Labute approximate surface area is 138 Å². The van der Waals surface area contributed by atoms with Crippen molar-refractivity contribution in [3.05, 3.63) is 52.9 Å². The highest BCUT2D eigenvalue weighted by molar-refractivity contribution is 6.33. The Morgan fingerprint density at radius 3 is 3.00 bits per heavy atom. The van der Waals surface area contributed by atoms with Crippen LogP contribution in [0.2, 0.25) is 5.02 Å². The highest BCUT2D eigenvalue weighted by Gasteiger charge is 2.27. The number of hydrogen-bond acceptors (Lipinski definition) is 4. The second kappa shape index (κ2) is 6.91. The van der Waals surface area contributed by atoms with E-state index in [2.05, 4.69) is 10.2 Å². The van der Waals surface area contributed by atoms with Gasteiger partial charge in [-0.2, -0.15) is 5.10 Å². The minimum atomic E-state index is -0.464. The van der Waals surface area contributed by atoms with Crippen LogP contribution in [-0.4, -0.2) is 40.2 Å². The second-order valence-electron chi connectivity index (χ2n) is 5.32. The van der Waals surface area contributed by atoms with Gasteiger partial charge in [-0.05, 0) is 37.1 Å². The zero-order chi connectivity index (χ0) is 16.2. The molecule has 1 atom stereocenters. The van der Waals surface area contributed by atoms with E-state index in [-0.39, 0.29) is 17.0 Å². The number of ether oxygens (including phenoxy) is 1. The molecule has 1 aromatic heterocycles. The molecule has 1 amide bonds. The van der Waals surface area contributed by atoms with E-state index in [1.54, 1.807) is 23.2 Å². The van der Waals surface area contributed by atoms with Crippen LogP contribution >= 0.6 is 11.6 Å². The third kappa shape index (κ3) is 3.76. The molecule has 1 aliphatic heterocycles. The van der Waals surface area contributed by atoms with Crippen LogP contribution in [0.5, 0.6) is 5.88 Å². The summed E-state index contributed by atoms with van der Waals surface area (Å²) in [7, 11) is 0. The molecular weight excluding hydrogens is 321 g/mol. The highest BCUT2D eigenvalue weighted by atomic mass is 35.5. The third-order valence-corrected chi connectivity index (χ3v) is 3.97. The summed E-state index contributed by atoms with van der Waals surface area (Å²) in [6, 6.07) is 7.26. The van der Waals surface area contributed by atoms with Crippen molar-refractivity contribution in [1.82, 2.24) is 15.1 Å². The van der Waals surface area contributed by atoms with Gasteiger partial charge in [0.25, 0.3) is 5.91 Å². The van der Waals surface area contributed by atoms with E-state index in [9.17, 15) is 9.18 Å². The van der Waals surface area contributed by atoms with Crippen LogP contribution in [0.4, 0.5) is 4.39 Å². The first kappa shape index (κ1) is 15.7. The molecule has 1 aromatic carbocycles. The predicted octanol–water partition coefficient (Wildman–Crippen LogP) is 2.95. The first-order chi connectivity index (χ1) is 11.1. The Balaban J connectivity index is 1.69. The Morgan fingerprint density at radius 2 is 2.26 bits per heavy atom. The molecule has 7 heteroatoms. The van der Waals surface area contributed by atoms with Gasteiger partial charge < -0.3 is 9.64 Å². The van der Waals surface area contributed by atoms with Crippen molar-refractivity contribution in [3.8, 4) is 5.88 Å². The van der Waals surface area contributed by atoms with Crippen molar-refractivity contribution in [3.63, 3.8) is 0 Å². The molecule has 1 fully saturated rings. The van der Waals surface area contributed by atoms with Gasteiger partial charge in [0.2, 0.25) is 5.88 Å². The summed E-state index contributed by atoms with van der Waals surface area (Å²) in [4.78, 5) is 14.2. The minimum Gasteiger partial charge on any atom is -0.471 e. The first-order valence-corrected chi connectivity index (χ1v) is 7.70. The number of nitrogens with zero attached hydrogens (tertiary/aromatic N) is 3. The fourth-order valence-corrected chi connectivity index (χ4v) is 2.82. The maximum absolute atomic E-state index is 13.1. The number of halogens is 2. The lowest BCUT2D eigenvalue weighted by atomic mass is 10.1. The molecule has 23 heavy (non-hydrogen) atoms. The molecule has 1 unspecified atom stereocenters. The number of carbonyl (C=O) groups excluding carboxylic acids is 1. The molecule has 0 bridgehead atoms. The van der Waals surface area contributed by atoms with E-state index in [0.717, 1.165) is 18.9 Å². The summed E-state index contributed by atoms with van der Waals surface area (Å²) < 4.78 is 18.9. The maximum atomic E-state index is 13.1. The zero-order valence-electron chi connectivity index (χ0n) is 12.3. The van der Waals surface area contributed by atoms with Crippen LogP contribution in [-0.2, 0) is 0 Å². The van der Waals surface area contributed by atoms with Crippen molar-refractivity contribution in [2.75, 3.05) is 13.1 Å². The maximum Gasteiger partial charge on any atom is 0.255 e. The van der Waals surface area contributed by atoms with Gasteiger partial charge in [0.05, 0.1) is 17.1 Å². The molecule has 0 radical (unpaired) electrons. The Hall–Kier alpha value is -2.21. The third-order valence-electron chi connectivity index (χ3n) is 3.66. The Morgan fingerprint density at radius 1 is 1.39 bits per heavy atom. The molecule has 2 heterocycles. The van der Waals surface area contributed by atoms with E-state index < -0.39 is 5.82 Å². The van der Waals surface area contributed by atoms with Gasteiger partial charge in [-0.15, -0.1) is 5.10 Å². The SMILES string of the molecule is O=C(c1ccc(F)cc1Cl)N1CCCC(Oc2cccnn2)C1. The van der Waals surface area contributed by atoms with Crippen molar-refractivity contribution in [1.29, 1.82) is 0 Å². The predicted molar refractivity (Wildman–Crippen MR) is 83.0 cm³/mol. The molecule has 0 aliphatic carbocycles. The summed E-state index contributed by atoms with van der Waals surface area (Å²) in [5.41, 5.74) is 0.299. The average Bonchev–Trinajstić information content (AvgIpc) is 2.55. The monoisotopic (exact) mass is 335 g/mol. The number of benzene rings is 1. The van der Waals surface area contributed by atoms with Crippen LogP contribution in [0, 0.1) is 5.82 Å². The van der Waals surface area contributed by atoms with Crippen LogP contribution in [0.25, 0.3) is 0 Å². The largest absolute Gasteiger partial charge is 0.471 e. The number of rotatable bonds is 3. The van der Waals surface area contributed by atoms with Crippen LogP contribution in [0.1, 0.15) is 23.2 Å². The molecule has 0 saturated carbocycles. The van der Waals surface area contributed by atoms with Gasteiger partial charge in [0.1, 0.15) is 11.9 Å². The van der Waals surface area contributed by atoms with Gasteiger partial charge in [0.15, 0.2) is 0 Å². The number of aromatic nitrogens is 2. The molecule has 1 saturated heterocycles. The number of hydrogen-bond donors (Lipinski definition) is 0. The molecule has 1 aliphatic rings. The van der Waals surface area contributed by atoms with Crippen LogP contribution in [0.3, 0.4) is 0 Å². The molecule has 0 N–H and O–H groups in total. The first-order valence-electron chi connectivity index (χ1n) is 7.32. The molecule has 5 nitrogen and oxygen atoms in total. The van der Waals surface area contributed by atoms with Gasteiger partial charge in [-0.25, -0.2) is 4.39 Å². The lowest BCUT2D eigenvalue weighted by Crippen LogP contribution is -2.44. The summed E-state index contributed by atoms with van der Waals surface area (Å²) in [6.45, 7) is 1.05. The zero-order valence-corrected chi connectivity index (χ0v) is 13.0. The average molecular weight is 336 g/mol. The standard InChI is InChI=1S/C16H15ClFN3O2/c17-14-9-11(18)5-6-13(14)16(22)21-8-2-3-12(10-21)23-15-4-1-7-19-20-15/h1,4-7,9,12H,2-3,8,10H2. The van der Waals surface area contributed by atoms with E-state index in [0.29, 0.717) is 24.5 Å². The Bertz CT molecular complexity index is 699. The second-order valence-corrected chi connectivity index (χ2v) is 5.73. The molecule has 3 rings (SSSR count). The topological polar surface area (TPSA) is 55.3 Å². The van der Waals surface area contributed by atoms with E-state index in [1.807, 2.05) is 0 Å². The van der Waals surface area contributed by atoms with Crippen molar-refractivity contribution < 1.29 is 13.9 Å². The van der Waals surface area contributed by atoms with Gasteiger partial charge >= 0.3 is 0 Å². The fourth-order valence-electron chi connectivity index (χ4n) is 2.57. The minimum absolute atomic E-state index is 0.118. The number of piperidine rings is 1. The normalized spacial score (nSPS) is 17.8. The molecule has 2 aromatic rings. The fraction of sp³-hybridized carbons (Fsp3) is 0.312. The van der Waals surface area contributed by atoms with Crippen molar-refractivity contribution in [2.24, 2.45) is 0 Å². The Kier molecular flexibility index (Phi) is 4.71. The lowest BCUT2D eigenvalue weighted by molar-refractivity contribution is 0.0525. The molecule has 0 spiro atoms. The van der Waals surface area contributed by atoms with Gasteiger partial charge in [-0.1, -0.05) is 11.6 Å². The van der Waals surface area contributed by atoms with E-state index in [4.69, 9.17) is 16.3 Å². The van der Waals surface area contributed by atoms with Crippen molar-refractivity contribution >= 4 is 17.5 Å². The van der Waals surface area contributed by atoms with Crippen LogP contribution in [0.15, 0.2) is 36.5 Å². The van der Waals surface area contributed by atoms with Crippen molar-refractivity contribution in [2.45, 2.75) is 18.9 Å².